The van der Waals surface area contributed by atoms with Gasteiger partial charge in [-0.25, -0.2) is 0 Å². The van der Waals surface area contributed by atoms with Crippen molar-refractivity contribution in [1.82, 2.24) is 4.90 Å². The van der Waals surface area contributed by atoms with Crippen molar-refractivity contribution >= 4 is 11.8 Å². The van der Waals surface area contributed by atoms with Crippen LogP contribution in [0.3, 0.4) is 0 Å². The van der Waals surface area contributed by atoms with Crippen LogP contribution in [0.4, 0.5) is 0 Å². The molecule has 0 saturated carbocycles. The Morgan fingerprint density at radius 2 is 2.05 bits per heavy atom. The molecule has 19 heavy (non-hydrogen) atoms. The van der Waals surface area contributed by atoms with Gasteiger partial charge in [-0.1, -0.05) is 37.3 Å². The van der Waals surface area contributed by atoms with E-state index in [0.29, 0.717) is 13.0 Å². The lowest BCUT2D eigenvalue weighted by molar-refractivity contribution is -0.138. The number of primary amides is 1. The second-order valence-corrected chi connectivity index (χ2v) is 4.96. The molecular weight excluding hydrogens is 240 g/mol. The maximum absolute atomic E-state index is 12.6. The molecule has 0 aliphatic carbocycles. The summed E-state index contributed by atoms with van der Waals surface area (Å²) in [6, 6.07) is 9.29. The van der Waals surface area contributed by atoms with E-state index in [-0.39, 0.29) is 11.8 Å². The molecule has 1 aromatic carbocycles. The summed E-state index contributed by atoms with van der Waals surface area (Å²) >= 11 is 0. The zero-order valence-corrected chi connectivity index (χ0v) is 11.2. The number of nitrogens with zero attached hydrogens (tertiary/aromatic N) is 1. The number of hydrogen-bond acceptors (Lipinski definition) is 2. The summed E-state index contributed by atoms with van der Waals surface area (Å²) < 4.78 is 0. The first-order valence-electron chi connectivity index (χ1n) is 6.80. The Bertz CT molecular complexity index is 458. The molecule has 2 amide bonds. The van der Waals surface area contributed by atoms with Crippen LogP contribution in [0.25, 0.3) is 0 Å². The minimum atomic E-state index is -0.426. The first-order valence-corrected chi connectivity index (χ1v) is 6.80. The Kier molecular flexibility index (Phi) is 4.20. The molecule has 1 unspecified atom stereocenters. The van der Waals surface area contributed by atoms with Crippen molar-refractivity contribution in [3.63, 3.8) is 0 Å². The van der Waals surface area contributed by atoms with Gasteiger partial charge in [-0.2, -0.15) is 0 Å². The first kappa shape index (κ1) is 13.6. The summed E-state index contributed by atoms with van der Waals surface area (Å²) in [6.07, 6.45) is 2.27. The van der Waals surface area contributed by atoms with Crippen molar-refractivity contribution in [3.8, 4) is 0 Å². The van der Waals surface area contributed by atoms with Crippen LogP contribution in [0.2, 0.25) is 0 Å². The predicted octanol–water partition coefficient (Wildman–Crippen LogP) is 1.66. The lowest BCUT2D eigenvalue weighted by atomic mass is 9.94. The van der Waals surface area contributed by atoms with Crippen LogP contribution in [0, 0.1) is 0 Å². The molecule has 1 aliphatic heterocycles. The molecule has 1 fully saturated rings. The van der Waals surface area contributed by atoms with E-state index < -0.39 is 11.9 Å². The number of rotatable bonds is 4. The maximum Gasteiger partial charge on any atom is 0.240 e. The molecular formula is C15H20N2O2. The fourth-order valence-electron chi connectivity index (χ4n) is 2.76. The fourth-order valence-corrected chi connectivity index (χ4v) is 2.76. The smallest absolute Gasteiger partial charge is 0.240 e. The van der Waals surface area contributed by atoms with Gasteiger partial charge in [0, 0.05) is 6.54 Å². The molecule has 1 saturated heterocycles. The fraction of sp³-hybridized carbons (Fsp3) is 0.467. The molecule has 102 valence electrons. The highest BCUT2D eigenvalue weighted by Crippen LogP contribution is 2.26. The van der Waals surface area contributed by atoms with Crippen LogP contribution in [0.5, 0.6) is 0 Å². The molecule has 0 spiro atoms. The second-order valence-electron chi connectivity index (χ2n) is 4.96. The summed E-state index contributed by atoms with van der Waals surface area (Å²) in [5.74, 6) is -0.551. The molecule has 2 atom stereocenters. The molecule has 2 N–H and O–H groups in total. The largest absolute Gasteiger partial charge is 0.368 e. The monoisotopic (exact) mass is 260 g/mol. The van der Waals surface area contributed by atoms with Crippen molar-refractivity contribution in [2.75, 3.05) is 6.54 Å². The molecule has 4 heteroatoms. The third kappa shape index (κ3) is 2.78. The Morgan fingerprint density at radius 3 is 2.63 bits per heavy atom. The van der Waals surface area contributed by atoms with Crippen molar-refractivity contribution in [3.05, 3.63) is 35.9 Å². The number of carbonyl (C=O) groups excluding carboxylic acids is 2. The summed E-state index contributed by atoms with van der Waals surface area (Å²) in [7, 11) is 0. The number of hydrogen-bond donors (Lipinski definition) is 1. The van der Waals surface area contributed by atoms with Gasteiger partial charge in [0.05, 0.1) is 5.92 Å². The van der Waals surface area contributed by atoms with Crippen LogP contribution < -0.4 is 5.73 Å². The zero-order chi connectivity index (χ0) is 13.8. The van der Waals surface area contributed by atoms with Crippen molar-refractivity contribution in [2.24, 2.45) is 5.73 Å². The van der Waals surface area contributed by atoms with Gasteiger partial charge in [-0.05, 0) is 24.8 Å². The predicted molar refractivity (Wildman–Crippen MR) is 73.4 cm³/mol. The molecule has 1 aromatic rings. The molecule has 0 radical (unpaired) electrons. The van der Waals surface area contributed by atoms with Crippen LogP contribution >= 0.6 is 0 Å². The second kappa shape index (κ2) is 5.87. The van der Waals surface area contributed by atoms with E-state index in [2.05, 4.69) is 0 Å². The third-order valence-electron chi connectivity index (χ3n) is 3.77. The lowest BCUT2D eigenvalue weighted by Crippen LogP contribution is -2.45. The Morgan fingerprint density at radius 1 is 1.37 bits per heavy atom. The van der Waals surface area contributed by atoms with E-state index in [1.165, 1.54) is 0 Å². The Balaban J connectivity index is 2.19. The molecule has 1 aliphatic rings. The van der Waals surface area contributed by atoms with E-state index in [0.717, 1.165) is 18.4 Å². The van der Waals surface area contributed by atoms with E-state index in [4.69, 9.17) is 5.73 Å². The summed E-state index contributed by atoms with van der Waals surface area (Å²) in [6.45, 7) is 2.63. The highest BCUT2D eigenvalue weighted by atomic mass is 16.2. The quantitative estimate of drug-likeness (QED) is 0.894. The van der Waals surface area contributed by atoms with E-state index in [9.17, 15) is 9.59 Å². The van der Waals surface area contributed by atoms with E-state index in [1.807, 2.05) is 37.3 Å². The highest BCUT2D eigenvalue weighted by Gasteiger charge is 2.35. The minimum absolute atomic E-state index is 0.0231. The molecule has 2 rings (SSSR count). The lowest BCUT2D eigenvalue weighted by Gasteiger charge is -2.27. The summed E-state index contributed by atoms with van der Waals surface area (Å²) in [5, 5.41) is 0. The van der Waals surface area contributed by atoms with Gasteiger partial charge in [-0.15, -0.1) is 0 Å². The van der Waals surface area contributed by atoms with Gasteiger partial charge in [0.2, 0.25) is 11.8 Å². The zero-order valence-electron chi connectivity index (χ0n) is 11.2. The van der Waals surface area contributed by atoms with Gasteiger partial charge in [0.15, 0.2) is 0 Å². The van der Waals surface area contributed by atoms with Crippen LogP contribution in [-0.4, -0.2) is 29.3 Å². The van der Waals surface area contributed by atoms with Crippen molar-refractivity contribution in [1.29, 1.82) is 0 Å². The van der Waals surface area contributed by atoms with Gasteiger partial charge in [0.25, 0.3) is 0 Å². The van der Waals surface area contributed by atoms with Gasteiger partial charge in [-0.3, -0.25) is 9.59 Å². The SMILES string of the molecule is CC[C@@H](C(=O)N1CCCC1C(N)=O)c1ccccc1. The molecule has 0 aromatic heterocycles. The normalized spacial score (nSPS) is 20.3. The Labute approximate surface area is 113 Å². The first-order chi connectivity index (χ1) is 9.15. The number of carbonyl (C=O) groups is 2. The Hall–Kier alpha value is -1.84. The van der Waals surface area contributed by atoms with Gasteiger partial charge in [0.1, 0.15) is 6.04 Å². The highest BCUT2D eigenvalue weighted by molar-refractivity contribution is 5.90. The number of amides is 2. The van der Waals surface area contributed by atoms with Crippen LogP contribution in [0.15, 0.2) is 30.3 Å². The summed E-state index contributed by atoms with van der Waals surface area (Å²) in [4.78, 5) is 25.7. The number of nitrogens with two attached hydrogens (primary N) is 1. The van der Waals surface area contributed by atoms with Crippen LogP contribution in [0.1, 0.15) is 37.7 Å². The van der Waals surface area contributed by atoms with Gasteiger partial charge >= 0.3 is 0 Å². The topological polar surface area (TPSA) is 63.4 Å². The molecule has 4 nitrogen and oxygen atoms in total. The average molecular weight is 260 g/mol. The molecule has 1 heterocycles. The summed E-state index contributed by atoms with van der Waals surface area (Å²) in [5.41, 5.74) is 6.38. The van der Waals surface area contributed by atoms with Gasteiger partial charge < -0.3 is 10.6 Å². The van der Waals surface area contributed by atoms with E-state index in [1.54, 1.807) is 4.90 Å². The number of benzene rings is 1. The maximum atomic E-state index is 12.6. The minimum Gasteiger partial charge on any atom is -0.368 e. The third-order valence-corrected chi connectivity index (χ3v) is 3.77. The van der Waals surface area contributed by atoms with Crippen molar-refractivity contribution in [2.45, 2.75) is 38.1 Å². The molecule has 0 bridgehead atoms. The van der Waals surface area contributed by atoms with Crippen LogP contribution in [-0.2, 0) is 9.59 Å². The van der Waals surface area contributed by atoms with E-state index >= 15 is 0 Å². The van der Waals surface area contributed by atoms with Crippen molar-refractivity contribution < 1.29 is 9.59 Å². The number of likely N-dealkylation sites (tertiary alicyclic amines) is 1. The average Bonchev–Trinajstić information content (AvgIpc) is 2.90. The standard InChI is InChI=1S/C15H20N2O2/c1-2-12(11-7-4-3-5-8-11)15(19)17-10-6-9-13(17)14(16)18/h3-5,7-8,12-13H,2,6,9-10H2,1H3,(H2,16,18)/t12-,13?/m1/s1.